The Labute approximate surface area is 217 Å². The summed E-state index contributed by atoms with van der Waals surface area (Å²) in [5.74, 6) is -0.0686. The van der Waals surface area contributed by atoms with Crippen molar-refractivity contribution in [1.29, 1.82) is 0 Å². The average molecular weight is 560 g/mol. The monoisotopic (exact) mass is 559 g/mol. The van der Waals surface area contributed by atoms with E-state index in [2.05, 4.69) is 5.32 Å². The molecule has 1 saturated heterocycles. The number of rotatable bonds is 10. The van der Waals surface area contributed by atoms with Crippen molar-refractivity contribution in [3.8, 4) is 5.75 Å². The highest BCUT2D eigenvalue weighted by molar-refractivity contribution is 7.92. The van der Waals surface area contributed by atoms with Crippen LogP contribution < -0.4 is 14.4 Å². The van der Waals surface area contributed by atoms with Gasteiger partial charge in [0.05, 0.1) is 36.6 Å². The van der Waals surface area contributed by atoms with Crippen LogP contribution in [0.2, 0.25) is 5.02 Å². The van der Waals surface area contributed by atoms with Crippen molar-refractivity contribution in [2.75, 3.05) is 50.0 Å². The number of aryl methyl sites for hydroxylation is 1. The summed E-state index contributed by atoms with van der Waals surface area (Å²) in [6.07, 6.45) is 1.03. The molecular formula is C23H30ClN3O7S2. The van der Waals surface area contributed by atoms with Crippen molar-refractivity contribution in [3.63, 3.8) is 0 Å². The molecule has 2 aromatic rings. The summed E-state index contributed by atoms with van der Waals surface area (Å²) in [7, 11) is -7.37. The molecule has 1 amide bonds. The number of halogens is 1. The highest BCUT2D eigenvalue weighted by atomic mass is 35.5. The van der Waals surface area contributed by atoms with Gasteiger partial charge in [-0.05, 0) is 55.8 Å². The largest absolute Gasteiger partial charge is 0.492 e. The lowest BCUT2D eigenvalue weighted by Gasteiger charge is -2.29. The van der Waals surface area contributed by atoms with Crippen molar-refractivity contribution < 1.29 is 31.1 Å². The van der Waals surface area contributed by atoms with E-state index in [-0.39, 0.29) is 18.0 Å². The molecule has 0 aliphatic carbocycles. The van der Waals surface area contributed by atoms with Crippen LogP contribution in [0.1, 0.15) is 12.5 Å². The first kappa shape index (κ1) is 28.2. The van der Waals surface area contributed by atoms with Crippen LogP contribution in [-0.2, 0) is 29.6 Å². The number of carbonyl (C=O) groups is 1. The molecule has 1 aliphatic rings. The molecule has 0 bridgehead atoms. The molecule has 1 atom stereocenters. The second kappa shape index (κ2) is 11.8. The maximum Gasteiger partial charge on any atom is 0.243 e. The van der Waals surface area contributed by atoms with Gasteiger partial charge in [-0.15, -0.1) is 0 Å². The van der Waals surface area contributed by atoms with Crippen LogP contribution in [-0.4, -0.2) is 78.8 Å². The Kier molecular flexibility index (Phi) is 9.23. The summed E-state index contributed by atoms with van der Waals surface area (Å²) < 4.78 is 63.6. The summed E-state index contributed by atoms with van der Waals surface area (Å²) in [6, 6.07) is 9.85. The summed E-state index contributed by atoms with van der Waals surface area (Å²) in [5.41, 5.74) is 0.989. The first-order chi connectivity index (χ1) is 16.9. The molecule has 13 heteroatoms. The van der Waals surface area contributed by atoms with Crippen molar-refractivity contribution in [2.45, 2.75) is 24.8 Å². The molecular weight excluding hydrogens is 530 g/mol. The molecule has 0 radical (unpaired) electrons. The van der Waals surface area contributed by atoms with Gasteiger partial charge in [0, 0.05) is 18.1 Å². The lowest BCUT2D eigenvalue weighted by molar-refractivity contribution is -0.121. The van der Waals surface area contributed by atoms with Gasteiger partial charge in [-0.3, -0.25) is 9.10 Å². The molecule has 36 heavy (non-hydrogen) atoms. The maximum absolute atomic E-state index is 12.7. The molecule has 0 spiro atoms. The van der Waals surface area contributed by atoms with Gasteiger partial charge in [-0.2, -0.15) is 4.31 Å². The minimum absolute atomic E-state index is 0.100. The summed E-state index contributed by atoms with van der Waals surface area (Å²) in [5, 5.41) is 3.03. The number of morpholine rings is 1. The minimum atomic E-state index is -3.78. The van der Waals surface area contributed by atoms with E-state index in [0.717, 1.165) is 10.6 Å². The Morgan fingerprint density at radius 2 is 1.78 bits per heavy atom. The molecule has 198 valence electrons. The molecule has 1 unspecified atom stereocenters. The van der Waals surface area contributed by atoms with Crippen molar-refractivity contribution in [2.24, 2.45) is 0 Å². The second-order valence-electron chi connectivity index (χ2n) is 8.29. The highest BCUT2D eigenvalue weighted by Crippen LogP contribution is 2.28. The predicted molar refractivity (Wildman–Crippen MR) is 137 cm³/mol. The number of carbonyl (C=O) groups excluding carboxylic acids is 1. The summed E-state index contributed by atoms with van der Waals surface area (Å²) in [6.45, 7) is 4.80. The number of anilines is 1. The van der Waals surface area contributed by atoms with Gasteiger partial charge in [0.1, 0.15) is 18.4 Å². The van der Waals surface area contributed by atoms with Crippen LogP contribution in [0.5, 0.6) is 5.75 Å². The molecule has 1 fully saturated rings. The van der Waals surface area contributed by atoms with Gasteiger partial charge < -0.3 is 14.8 Å². The number of hydrogen-bond acceptors (Lipinski definition) is 7. The Morgan fingerprint density at radius 3 is 2.39 bits per heavy atom. The van der Waals surface area contributed by atoms with Gasteiger partial charge in [0.25, 0.3) is 0 Å². The SMILES string of the molecule is Cc1ccc(Cl)cc1N(C(C)C(=O)NCCOc1ccc(S(=O)(=O)N2CCOCC2)cc1)S(C)(=O)=O. The first-order valence-electron chi connectivity index (χ1n) is 11.3. The van der Waals surface area contributed by atoms with Crippen LogP contribution in [0.25, 0.3) is 0 Å². The smallest absolute Gasteiger partial charge is 0.243 e. The fraction of sp³-hybridized carbons (Fsp3) is 0.435. The third-order valence-corrected chi connectivity index (χ3v) is 8.97. The summed E-state index contributed by atoms with van der Waals surface area (Å²) >= 11 is 6.05. The van der Waals surface area contributed by atoms with Crippen LogP contribution in [0.15, 0.2) is 47.4 Å². The van der Waals surface area contributed by atoms with Crippen LogP contribution in [0, 0.1) is 6.92 Å². The zero-order valence-electron chi connectivity index (χ0n) is 20.3. The Morgan fingerprint density at radius 1 is 1.14 bits per heavy atom. The van der Waals surface area contributed by atoms with E-state index >= 15 is 0 Å². The topological polar surface area (TPSA) is 122 Å². The number of amides is 1. The van der Waals surface area contributed by atoms with E-state index in [0.29, 0.717) is 48.3 Å². The molecule has 2 aromatic carbocycles. The van der Waals surface area contributed by atoms with E-state index in [9.17, 15) is 21.6 Å². The number of nitrogens with one attached hydrogen (secondary N) is 1. The molecule has 10 nitrogen and oxygen atoms in total. The lowest BCUT2D eigenvalue weighted by Crippen LogP contribution is -2.48. The van der Waals surface area contributed by atoms with Crippen LogP contribution in [0.4, 0.5) is 5.69 Å². The molecule has 0 saturated carbocycles. The van der Waals surface area contributed by atoms with Crippen molar-refractivity contribution >= 4 is 43.2 Å². The van der Waals surface area contributed by atoms with Crippen molar-refractivity contribution in [1.82, 2.24) is 9.62 Å². The predicted octanol–water partition coefficient (Wildman–Crippen LogP) is 2.02. The maximum atomic E-state index is 12.7. The molecule has 0 aromatic heterocycles. The zero-order valence-corrected chi connectivity index (χ0v) is 22.7. The molecule has 1 N–H and O–H groups in total. The number of nitrogens with zero attached hydrogens (tertiary/aromatic N) is 2. The normalized spacial score (nSPS) is 15.8. The van der Waals surface area contributed by atoms with Gasteiger partial charge in [-0.1, -0.05) is 17.7 Å². The van der Waals surface area contributed by atoms with Gasteiger partial charge in [-0.25, -0.2) is 16.8 Å². The Balaban J connectivity index is 1.56. The van der Waals surface area contributed by atoms with E-state index in [1.807, 2.05) is 0 Å². The first-order valence-corrected chi connectivity index (χ1v) is 14.9. The number of hydrogen-bond donors (Lipinski definition) is 1. The second-order valence-corrected chi connectivity index (χ2v) is 12.5. The van der Waals surface area contributed by atoms with E-state index in [1.165, 1.54) is 29.4 Å². The number of ether oxygens (including phenoxy) is 2. The van der Waals surface area contributed by atoms with Gasteiger partial charge >= 0.3 is 0 Å². The van der Waals surface area contributed by atoms with E-state index in [1.54, 1.807) is 31.2 Å². The van der Waals surface area contributed by atoms with E-state index in [4.69, 9.17) is 21.1 Å². The fourth-order valence-corrected chi connectivity index (χ4v) is 6.53. The summed E-state index contributed by atoms with van der Waals surface area (Å²) in [4.78, 5) is 12.9. The number of benzene rings is 2. The third-order valence-electron chi connectivity index (χ3n) is 5.60. The minimum Gasteiger partial charge on any atom is -0.492 e. The van der Waals surface area contributed by atoms with E-state index < -0.39 is 32.0 Å². The van der Waals surface area contributed by atoms with Crippen LogP contribution in [0.3, 0.4) is 0 Å². The fourth-order valence-electron chi connectivity index (χ4n) is 3.74. The van der Waals surface area contributed by atoms with Crippen LogP contribution >= 0.6 is 11.6 Å². The average Bonchev–Trinajstić information content (AvgIpc) is 2.84. The van der Waals surface area contributed by atoms with Gasteiger partial charge in [0.15, 0.2) is 0 Å². The zero-order chi connectivity index (χ0) is 26.5. The standard InChI is InChI=1S/C23H30ClN3O7S2/c1-17-4-5-19(24)16-22(17)27(35(3,29)30)18(2)23(28)25-10-13-34-20-6-8-21(9-7-20)36(31,32)26-11-14-33-15-12-26/h4-9,16,18H,10-15H2,1-3H3,(H,25,28). The Bertz CT molecular complexity index is 1280. The van der Waals surface area contributed by atoms with Crippen molar-refractivity contribution in [3.05, 3.63) is 53.1 Å². The highest BCUT2D eigenvalue weighted by Gasteiger charge is 2.30. The third kappa shape index (κ3) is 6.88. The lowest BCUT2D eigenvalue weighted by atomic mass is 10.2. The van der Waals surface area contributed by atoms with Gasteiger partial charge in [0.2, 0.25) is 26.0 Å². The molecule has 1 aliphatic heterocycles. The molecule has 3 rings (SSSR count). The quantitative estimate of drug-likeness (QED) is 0.442. The molecule has 1 heterocycles. The number of sulfonamides is 2. The Hall–Kier alpha value is -2.38.